The minimum atomic E-state index is -0.0973. The lowest BCUT2D eigenvalue weighted by atomic mass is 9.89. The van der Waals surface area contributed by atoms with E-state index in [-0.39, 0.29) is 6.10 Å². The van der Waals surface area contributed by atoms with Crippen molar-refractivity contribution in [2.75, 3.05) is 0 Å². The average molecular weight is 158 g/mol. The lowest BCUT2D eigenvalue weighted by molar-refractivity contribution is 0.0593. The standard InChI is InChI=1S/C10H22O/c1-5-7-9(4)10(11)8(3)6-2/h8-11H,5-7H2,1-4H3/t8-,9+,10-/m0/s1. The fourth-order valence-electron chi connectivity index (χ4n) is 1.43. The zero-order valence-corrected chi connectivity index (χ0v) is 8.30. The monoisotopic (exact) mass is 158 g/mol. The smallest absolute Gasteiger partial charge is 0.0591 e. The number of aliphatic hydroxyl groups excluding tert-OH is 1. The Morgan fingerprint density at radius 3 is 2.00 bits per heavy atom. The Labute approximate surface area is 70.8 Å². The van der Waals surface area contributed by atoms with Gasteiger partial charge in [-0.15, -0.1) is 0 Å². The van der Waals surface area contributed by atoms with E-state index in [1.165, 1.54) is 6.42 Å². The minimum absolute atomic E-state index is 0.0973. The number of hydrogen-bond donors (Lipinski definition) is 1. The Hall–Kier alpha value is -0.0400. The normalized spacial score (nSPS) is 19.4. The summed E-state index contributed by atoms with van der Waals surface area (Å²) < 4.78 is 0. The van der Waals surface area contributed by atoms with Crippen molar-refractivity contribution in [1.29, 1.82) is 0 Å². The van der Waals surface area contributed by atoms with Crippen molar-refractivity contribution in [1.82, 2.24) is 0 Å². The maximum Gasteiger partial charge on any atom is 0.0591 e. The molecule has 0 aromatic rings. The minimum Gasteiger partial charge on any atom is -0.393 e. The topological polar surface area (TPSA) is 20.2 Å². The zero-order valence-electron chi connectivity index (χ0n) is 8.30. The fourth-order valence-corrected chi connectivity index (χ4v) is 1.43. The predicted octanol–water partition coefficient (Wildman–Crippen LogP) is 2.83. The number of rotatable bonds is 5. The van der Waals surface area contributed by atoms with E-state index in [1.54, 1.807) is 0 Å². The molecule has 0 unspecified atom stereocenters. The molecule has 1 N–H and O–H groups in total. The van der Waals surface area contributed by atoms with E-state index in [2.05, 4.69) is 27.7 Å². The molecule has 0 spiro atoms. The summed E-state index contributed by atoms with van der Waals surface area (Å²) in [5.74, 6) is 0.923. The van der Waals surface area contributed by atoms with E-state index < -0.39 is 0 Å². The molecular formula is C10H22O. The highest BCUT2D eigenvalue weighted by Gasteiger charge is 2.18. The second-order valence-electron chi connectivity index (χ2n) is 3.64. The molecule has 0 saturated carbocycles. The van der Waals surface area contributed by atoms with Gasteiger partial charge in [-0.3, -0.25) is 0 Å². The lowest BCUT2D eigenvalue weighted by Gasteiger charge is -2.23. The second kappa shape index (κ2) is 5.59. The molecule has 0 bridgehead atoms. The average Bonchev–Trinajstić information content (AvgIpc) is 2.02. The van der Waals surface area contributed by atoms with Gasteiger partial charge in [-0.1, -0.05) is 40.5 Å². The predicted molar refractivity (Wildman–Crippen MR) is 49.5 cm³/mol. The van der Waals surface area contributed by atoms with Crippen LogP contribution in [-0.2, 0) is 0 Å². The molecular weight excluding hydrogens is 136 g/mol. The van der Waals surface area contributed by atoms with E-state index in [9.17, 15) is 5.11 Å². The molecule has 1 heteroatoms. The highest BCUT2D eigenvalue weighted by Crippen LogP contribution is 2.19. The highest BCUT2D eigenvalue weighted by atomic mass is 16.3. The van der Waals surface area contributed by atoms with E-state index >= 15 is 0 Å². The lowest BCUT2D eigenvalue weighted by Crippen LogP contribution is -2.24. The van der Waals surface area contributed by atoms with Crippen LogP contribution in [0.5, 0.6) is 0 Å². The highest BCUT2D eigenvalue weighted by molar-refractivity contribution is 4.69. The zero-order chi connectivity index (χ0) is 8.85. The fraction of sp³-hybridized carbons (Fsp3) is 1.00. The van der Waals surface area contributed by atoms with Gasteiger partial charge in [0.25, 0.3) is 0 Å². The molecule has 0 saturated heterocycles. The molecule has 68 valence electrons. The summed E-state index contributed by atoms with van der Waals surface area (Å²) in [7, 11) is 0. The third-order valence-electron chi connectivity index (χ3n) is 2.55. The largest absolute Gasteiger partial charge is 0.393 e. The van der Waals surface area contributed by atoms with Gasteiger partial charge in [0.1, 0.15) is 0 Å². The first-order valence-electron chi connectivity index (χ1n) is 4.81. The summed E-state index contributed by atoms with van der Waals surface area (Å²) in [5, 5.41) is 9.72. The van der Waals surface area contributed by atoms with Crippen molar-refractivity contribution >= 4 is 0 Å². The number of aliphatic hydroxyl groups is 1. The maximum atomic E-state index is 9.72. The third kappa shape index (κ3) is 3.76. The Kier molecular flexibility index (Phi) is 5.57. The van der Waals surface area contributed by atoms with Crippen molar-refractivity contribution < 1.29 is 5.11 Å². The molecule has 0 rings (SSSR count). The first kappa shape index (κ1) is 11.0. The van der Waals surface area contributed by atoms with Crippen LogP contribution in [0.1, 0.15) is 47.0 Å². The van der Waals surface area contributed by atoms with Gasteiger partial charge in [0, 0.05) is 0 Å². The van der Waals surface area contributed by atoms with Crippen molar-refractivity contribution in [3.8, 4) is 0 Å². The molecule has 0 aliphatic heterocycles. The third-order valence-corrected chi connectivity index (χ3v) is 2.55. The molecule has 0 radical (unpaired) electrons. The molecule has 0 aromatic carbocycles. The quantitative estimate of drug-likeness (QED) is 0.652. The molecule has 11 heavy (non-hydrogen) atoms. The van der Waals surface area contributed by atoms with Crippen LogP contribution in [0.2, 0.25) is 0 Å². The Morgan fingerprint density at radius 2 is 1.64 bits per heavy atom. The molecule has 0 amide bonds. The van der Waals surface area contributed by atoms with E-state index in [1.807, 2.05) is 0 Å². The molecule has 0 aromatic heterocycles. The summed E-state index contributed by atoms with van der Waals surface area (Å²) in [6.07, 6.45) is 3.30. The van der Waals surface area contributed by atoms with Gasteiger partial charge in [0.2, 0.25) is 0 Å². The maximum absolute atomic E-state index is 9.72. The molecule has 1 nitrogen and oxygen atoms in total. The van der Waals surface area contributed by atoms with E-state index in [0.29, 0.717) is 11.8 Å². The van der Waals surface area contributed by atoms with Gasteiger partial charge in [-0.05, 0) is 18.3 Å². The van der Waals surface area contributed by atoms with Crippen LogP contribution in [0.3, 0.4) is 0 Å². The summed E-state index contributed by atoms with van der Waals surface area (Å²) >= 11 is 0. The first-order chi connectivity index (χ1) is 5.13. The molecule has 0 aliphatic carbocycles. The van der Waals surface area contributed by atoms with Crippen LogP contribution < -0.4 is 0 Å². The van der Waals surface area contributed by atoms with Gasteiger partial charge in [0.15, 0.2) is 0 Å². The molecule has 0 heterocycles. The summed E-state index contributed by atoms with van der Waals surface area (Å²) in [6, 6.07) is 0. The van der Waals surface area contributed by atoms with Crippen molar-refractivity contribution in [3.63, 3.8) is 0 Å². The van der Waals surface area contributed by atoms with Gasteiger partial charge in [0.05, 0.1) is 6.10 Å². The Bertz CT molecular complexity index is 90.9. The van der Waals surface area contributed by atoms with Crippen LogP contribution in [0, 0.1) is 11.8 Å². The molecule has 3 atom stereocenters. The van der Waals surface area contributed by atoms with Crippen LogP contribution in [0.15, 0.2) is 0 Å². The van der Waals surface area contributed by atoms with Gasteiger partial charge < -0.3 is 5.11 Å². The SMILES string of the molecule is CCC[C@@H](C)[C@@H](O)[C@@H](C)CC. The van der Waals surface area contributed by atoms with E-state index in [4.69, 9.17) is 0 Å². The molecule has 0 aliphatic rings. The van der Waals surface area contributed by atoms with Gasteiger partial charge >= 0.3 is 0 Å². The summed E-state index contributed by atoms with van der Waals surface area (Å²) in [4.78, 5) is 0. The number of hydrogen-bond acceptors (Lipinski definition) is 1. The van der Waals surface area contributed by atoms with E-state index in [0.717, 1.165) is 12.8 Å². The summed E-state index contributed by atoms with van der Waals surface area (Å²) in [6.45, 7) is 8.56. The van der Waals surface area contributed by atoms with Crippen molar-refractivity contribution in [3.05, 3.63) is 0 Å². The van der Waals surface area contributed by atoms with Gasteiger partial charge in [-0.2, -0.15) is 0 Å². The van der Waals surface area contributed by atoms with Crippen LogP contribution >= 0.6 is 0 Å². The van der Waals surface area contributed by atoms with Crippen molar-refractivity contribution in [2.45, 2.75) is 53.1 Å². The summed E-state index contributed by atoms with van der Waals surface area (Å²) in [5.41, 5.74) is 0. The van der Waals surface area contributed by atoms with Crippen LogP contribution in [0.4, 0.5) is 0 Å². The van der Waals surface area contributed by atoms with Gasteiger partial charge in [-0.25, -0.2) is 0 Å². The first-order valence-corrected chi connectivity index (χ1v) is 4.81. The Balaban J connectivity index is 3.70. The second-order valence-corrected chi connectivity index (χ2v) is 3.64. The Morgan fingerprint density at radius 1 is 1.09 bits per heavy atom. The molecule has 0 fully saturated rings. The van der Waals surface area contributed by atoms with Crippen LogP contribution in [0.25, 0.3) is 0 Å². The van der Waals surface area contributed by atoms with Crippen LogP contribution in [-0.4, -0.2) is 11.2 Å². The van der Waals surface area contributed by atoms with Crippen molar-refractivity contribution in [2.24, 2.45) is 11.8 Å².